The molecule has 0 radical (unpaired) electrons. The fourth-order valence-corrected chi connectivity index (χ4v) is 2.63. The molecule has 10 heteroatoms. The Hall–Kier alpha value is -3.59. The van der Waals surface area contributed by atoms with Gasteiger partial charge in [0, 0.05) is 6.54 Å². The molecule has 2 aromatic carbocycles. The van der Waals surface area contributed by atoms with E-state index in [-0.39, 0.29) is 12.5 Å². The molecule has 0 aliphatic heterocycles. The predicted octanol–water partition coefficient (Wildman–Crippen LogP) is 2.73. The molecule has 32 heavy (non-hydrogen) atoms. The Labute approximate surface area is 191 Å². The number of unbranched alkanes of at least 4 members (excludes halogenated alkanes) is 1. The van der Waals surface area contributed by atoms with Crippen LogP contribution in [-0.2, 0) is 14.4 Å². The van der Waals surface area contributed by atoms with Gasteiger partial charge < -0.3 is 20.1 Å². The summed E-state index contributed by atoms with van der Waals surface area (Å²) in [6.07, 6.45) is 3.06. The number of benzene rings is 2. The molecule has 3 N–H and O–H groups in total. The highest BCUT2D eigenvalue weighted by atomic mass is 35.5. The van der Waals surface area contributed by atoms with Crippen LogP contribution in [0, 0.1) is 0 Å². The lowest BCUT2D eigenvalue weighted by Gasteiger charge is -2.12. The number of amides is 3. The molecular weight excluding hydrogens is 436 g/mol. The minimum Gasteiger partial charge on any atom is -0.493 e. The number of carbonyl (C=O) groups excluding carboxylic acids is 3. The van der Waals surface area contributed by atoms with E-state index < -0.39 is 11.8 Å². The van der Waals surface area contributed by atoms with Crippen molar-refractivity contribution in [3.05, 3.63) is 53.1 Å². The van der Waals surface area contributed by atoms with Gasteiger partial charge in [0.2, 0.25) is 0 Å². The van der Waals surface area contributed by atoms with Crippen LogP contribution >= 0.6 is 11.6 Å². The summed E-state index contributed by atoms with van der Waals surface area (Å²) in [6.45, 7) is 2.16. The first-order chi connectivity index (χ1) is 15.4. The number of nitrogens with one attached hydrogen (secondary N) is 3. The van der Waals surface area contributed by atoms with E-state index in [0.717, 1.165) is 12.8 Å². The lowest BCUT2D eigenvalue weighted by atomic mass is 10.2. The van der Waals surface area contributed by atoms with Gasteiger partial charge in [-0.15, -0.1) is 0 Å². The SMILES string of the molecule is CCCCNC(=O)C(=O)N/N=C\c1ccc(OCC(=O)Nc2ccccc2Cl)c(OC)c1. The first kappa shape index (κ1) is 24.7. The third-order valence-electron chi connectivity index (χ3n) is 4.10. The van der Waals surface area contributed by atoms with Crippen molar-refractivity contribution in [1.82, 2.24) is 10.7 Å². The molecule has 3 amide bonds. The topological polar surface area (TPSA) is 118 Å². The highest BCUT2D eigenvalue weighted by Crippen LogP contribution is 2.27. The molecule has 0 saturated carbocycles. The van der Waals surface area contributed by atoms with Crippen LogP contribution in [0.1, 0.15) is 25.3 Å². The Morgan fingerprint density at radius 2 is 1.88 bits per heavy atom. The van der Waals surface area contributed by atoms with Gasteiger partial charge in [-0.3, -0.25) is 14.4 Å². The molecule has 0 aliphatic rings. The van der Waals surface area contributed by atoms with Crippen molar-refractivity contribution >= 4 is 41.2 Å². The molecule has 0 aliphatic carbocycles. The fourth-order valence-electron chi connectivity index (χ4n) is 2.45. The molecule has 0 atom stereocenters. The zero-order valence-electron chi connectivity index (χ0n) is 17.8. The molecule has 0 aromatic heterocycles. The number of rotatable bonds is 10. The maximum absolute atomic E-state index is 12.1. The van der Waals surface area contributed by atoms with Gasteiger partial charge in [-0.25, -0.2) is 5.43 Å². The Morgan fingerprint density at radius 3 is 2.59 bits per heavy atom. The Kier molecular flexibility index (Phi) is 9.99. The highest BCUT2D eigenvalue weighted by molar-refractivity contribution is 6.35. The van der Waals surface area contributed by atoms with Crippen LogP contribution in [0.25, 0.3) is 0 Å². The van der Waals surface area contributed by atoms with E-state index in [4.69, 9.17) is 21.1 Å². The quantitative estimate of drug-likeness (QED) is 0.218. The number of carbonyl (C=O) groups is 3. The zero-order chi connectivity index (χ0) is 23.3. The summed E-state index contributed by atoms with van der Waals surface area (Å²) in [7, 11) is 1.45. The van der Waals surface area contributed by atoms with E-state index in [2.05, 4.69) is 21.2 Å². The van der Waals surface area contributed by atoms with Crippen molar-refractivity contribution in [2.75, 3.05) is 25.6 Å². The molecule has 0 saturated heterocycles. The smallest absolute Gasteiger partial charge is 0.329 e. The van der Waals surface area contributed by atoms with E-state index >= 15 is 0 Å². The van der Waals surface area contributed by atoms with Gasteiger partial charge in [0.05, 0.1) is 24.0 Å². The van der Waals surface area contributed by atoms with Crippen LogP contribution in [0.4, 0.5) is 5.69 Å². The number of nitrogens with zero attached hydrogens (tertiary/aromatic N) is 1. The van der Waals surface area contributed by atoms with Gasteiger partial charge in [0.25, 0.3) is 5.91 Å². The summed E-state index contributed by atoms with van der Waals surface area (Å²) in [6, 6.07) is 11.7. The largest absolute Gasteiger partial charge is 0.493 e. The molecule has 170 valence electrons. The number of hydrogen-bond donors (Lipinski definition) is 3. The van der Waals surface area contributed by atoms with Crippen LogP contribution < -0.4 is 25.5 Å². The summed E-state index contributed by atoms with van der Waals surface area (Å²) in [5, 5.41) is 9.35. The molecular formula is C22H25ClN4O5. The van der Waals surface area contributed by atoms with Crippen molar-refractivity contribution in [2.24, 2.45) is 5.10 Å². The molecule has 9 nitrogen and oxygen atoms in total. The number of ether oxygens (including phenoxy) is 2. The molecule has 0 spiro atoms. The minimum absolute atomic E-state index is 0.252. The van der Waals surface area contributed by atoms with Crippen molar-refractivity contribution in [3.63, 3.8) is 0 Å². The average Bonchev–Trinajstić information content (AvgIpc) is 2.79. The van der Waals surface area contributed by atoms with Gasteiger partial charge in [-0.2, -0.15) is 5.10 Å². The van der Waals surface area contributed by atoms with Crippen LogP contribution in [0.2, 0.25) is 5.02 Å². The van der Waals surface area contributed by atoms with E-state index in [9.17, 15) is 14.4 Å². The van der Waals surface area contributed by atoms with E-state index in [1.807, 2.05) is 6.92 Å². The van der Waals surface area contributed by atoms with Gasteiger partial charge >= 0.3 is 11.8 Å². The Bertz CT molecular complexity index is 981. The molecule has 2 rings (SSSR count). The monoisotopic (exact) mass is 460 g/mol. The van der Waals surface area contributed by atoms with Crippen LogP contribution in [-0.4, -0.2) is 44.2 Å². The summed E-state index contributed by atoms with van der Waals surface area (Å²) in [4.78, 5) is 35.4. The van der Waals surface area contributed by atoms with E-state index in [1.54, 1.807) is 42.5 Å². The van der Waals surface area contributed by atoms with Gasteiger partial charge in [-0.1, -0.05) is 37.1 Å². The van der Waals surface area contributed by atoms with Gasteiger partial charge in [0.15, 0.2) is 18.1 Å². The standard InChI is InChI=1S/C22H25ClN4O5/c1-3-4-11-24-21(29)22(30)27-25-13-15-9-10-18(19(12-15)31-2)32-14-20(28)26-17-8-6-5-7-16(17)23/h5-10,12-13H,3-4,11,14H2,1-2H3,(H,24,29)(H,26,28)(H,27,30)/b25-13-. The molecule has 0 unspecified atom stereocenters. The van der Waals surface area contributed by atoms with Crippen molar-refractivity contribution in [1.29, 1.82) is 0 Å². The summed E-state index contributed by atoms with van der Waals surface area (Å²) < 4.78 is 10.8. The third-order valence-corrected chi connectivity index (χ3v) is 4.43. The van der Waals surface area contributed by atoms with Crippen molar-refractivity contribution < 1.29 is 23.9 Å². The minimum atomic E-state index is -0.853. The van der Waals surface area contributed by atoms with Crippen molar-refractivity contribution in [2.45, 2.75) is 19.8 Å². The van der Waals surface area contributed by atoms with Gasteiger partial charge in [0.1, 0.15) is 0 Å². The summed E-state index contributed by atoms with van der Waals surface area (Å²) in [5.74, 6) is -1.27. The first-order valence-electron chi connectivity index (χ1n) is 9.91. The number of hydrazone groups is 1. The summed E-state index contributed by atoms with van der Waals surface area (Å²) in [5.41, 5.74) is 3.23. The van der Waals surface area contributed by atoms with Crippen LogP contribution in [0.3, 0.4) is 0 Å². The number of methoxy groups -OCH3 is 1. The maximum Gasteiger partial charge on any atom is 0.329 e. The normalized spacial score (nSPS) is 10.5. The Balaban J connectivity index is 1.89. The second kappa shape index (κ2) is 13.0. The lowest BCUT2D eigenvalue weighted by Crippen LogP contribution is -2.38. The van der Waals surface area contributed by atoms with Crippen LogP contribution in [0.15, 0.2) is 47.6 Å². The number of para-hydroxylation sites is 1. The number of hydrogen-bond acceptors (Lipinski definition) is 6. The highest BCUT2D eigenvalue weighted by Gasteiger charge is 2.12. The van der Waals surface area contributed by atoms with Crippen molar-refractivity contribution in [3.8, 4) is 11.5 Å². The Morgan fingerprint density at radius 1 is 1.09 bits per heavy atom. The van der Waals surface area contributed by atoms with Crippen LogP contribution in [0.5, 0.6) is 11.5 Å². The van der Waals surface area contributed by atoms with Gasteiger partial charge in [-0.05, 0) is 42.3 Å². The molecule has 2 aromatic rings. The second-order valence-electron chi connectivity index (χ2n) is 6.54. The lowest BCUT2D eigenvalue weighted by molar-refractivity contribution is -0.139. The number of halogens is 1. The first-order valence-corrected chi connectivity index (χ1v) is 10.3. The number of anilines is 1. The maximum atomic E-state index is 12.1. The molecule has 0 fully saturated rings. The van der Waals surface area contributed by atoms with E-state index in [0.29, 0.717) is 34.3 Å². The molecule has 0 bridgehead atoms. The predicted molar refractivity (Wildman–Crippen MR) is 122 cm³/mol. The molecule has 0 heterocycles. The second-order valence-corrected chi connectivity index (χ2v) is 6.94. The van der Waals surface area contributed by atoms with E-state index in [1.165, 1.54) is 13.3 Å². The third kappa shape index (κ3) is 7.92. The zero-order valence-corrected chi connectivity index (χ0v) is 18.6. The fraction of sp³-hybridized carbons (Fsp3) is 0.273. The summed E-state index contributed by atoms with van der Waals surface area (Å²) >= 11 is 6.02. The average molecular weight is 461 g/mol.